The Balaban J connectivity index is 2.46. The van der Waals surface area contributed by atoms with Gasteiger partial charge in [-0.25, -0.2) is 0 Å². The zero-order valence-corrected chi connectivity index (χ0v) is 8.77. The number of aliphatic hydroxyl groups is 1. The lowest BCUT2D eigenvalue weighted by atomic mass is 10.0. The molecule has 0 aromatic heterocycles. The largest absolute Gasteiger partial charge is 0.394 e. The molecule has 1 atom stereocenters. The van der Waals surface area contributed by atoms with Crippen molar-refractivity contribution in [2.75, 3.05) is 13.7 Å². The van der Waals surface area contributed by atoms with E-state index in [2.05, 4.69) is 35.6 Å². The SMILES string of the molecule is CNC(CO)c1ccc2ccccc2c1. The minimum atomic E-state index is 0.0228. The summed E-state index contributed by atoms with van der Waals surface area (Å²) in [4.78, 5) is 0. The van der Waals surface area contributed by atoms with E-state index in [1.807, 2.05) is 19.2 Å². The molecule has 0 amide bonds. The highest BCUT2D eigenvalue weighted by molar-refractivity contribution is 5.83. The summed E-state index contributed by atoms with van der Waals surface area (Å²) in [5.41, 5.74) is 1.12. The molecule has 1 unspecified atom stereocenters. The first-order valence-electron chi connectivity index (χ1n) is 5.12. The molecule has 2 N–H and O–H groups in total. The van der Waals surface area contributed by atoms with Gasteiger partial charge in [0.15, 0.2) is 0 Å². The van der Waals surface area contributed by atoms with Crippen LogP contribution >= 0.6 is 0 Å². The lowest BCUT2D eigenvalue weighted by Crippen LogP contribution is -2.19. The number of rotatable bonds is 3. The van der Waals surface area contributed by atoms with Crippen LogP contribution in [0.3, 0.4) is 0 Å². The monoisotopic (exact) mass is 201 g/mol. The highest BCUT2D eigenvalue weighted by Crippen LogP contribution is 2.19. The first kappa shape index (κ1) is 10.1. The summed E-state index contributed by atoms with van der Waals surface area (Å²) >= 11 is 0. The number of fused-ring (bicyclic) bond motifs is 1. The van der Waals surface area contributed by atoms with Crippen molar-refractivity contribution in [3.8, 4) is 0 Å². The predicted molar refractivity (Wildman–Crippen MR) is 62.8 cm³/mol. The summed E-state index contributed by atoms with van der Waals surface area (Å²) in [6.07, 6.45) is 0. The van der Waals surface area contributed by atoms with Crippen molar-refractivity contribution in [3.05, 3.63) is 48.0 Å². The number of nitrogens with one attached hydrogen (secondary N) is 1. The Bertz CT molecular complexity index is 449. The molecule has 0 saturated heterocycles. The van der Waals surface area contributed by atoms with Gasteiger partial charge in [-0.3, -0.25) is 0 Å². The van der Waals surface area contributed by atoms with Crippen molar-refractivity contribution in [2.24, 2.45) is 0 Å². The van der Waals surface area contributed by atoms with E-state index in [1.54, 1.807) is 0 Å². The van der Waals surface area contributed by atoms with Gasteiger partial charge in [-0.1, -0.05) is 36.4 Å². The molecule has 15 heavy (non-hydrogen) atoms. The van der Waals surface area contributed by atoms with Crippen LogP contribution in [0.5, 0.6) is 0 Å². The molecule has 2 aromatic rings. The normalized spacial score (nSPS) is 12.9. The summed E-state index contributed by atoms with van der Waals surface area (Å²) in [7, 11) is 1.86. The van der Waals surface area contributed by atoms with Gasteiger partial charge < -0.3 is 10.4 Å². The minimum Gasteiger partial charge on any atom is -0.394 e. The molecular formula is C13H15NO. The van der Waals surface area contributed by atoms with E-state index >= 15 is 0 Å². The first-order valence-corrected chi connectivity index (χ1v) is 5.12. The Morgan fingerprint density at radius 1 is 1.13 bits per heavy atom. The van der Waals surface area contributed by atoms with Gasteiger partial charge in [0.05, 0.1) is 12.6 Å². The molecule has 0 spiro atoms. The molecule has 0 heterocycles. The number of hydrogen-bond acceptors (Lipinski definition) is 2. The molecule has 2 aromatic carbocycles. The molecule has 0 aliphatic rings. The fraction of sp³-hybridized carbons (Fsp3) is 0.231. The maximum Gasteiger partial charge on any atom is 0.0626 e. The second-order valence-electron chi connectivity index (χ2n) is 3.63. The summed E-state index contributed by atoms with van der Waals surface area (Å²) in [6.45, 7) is 0.120. The molecule has 0 aliphatic carbocycles. The average Bonchev–Trinajstić information content (AvgIpc) is 2.30. The molecule has 0 bridgehead atoms. The van der Waals surface area contributed by atoms with Gasteiger partial charge in [0.2, 0.25) is 0 Å². The Hall–Kier alpha value is -1.38. The molecule has 2 rings (SSSR count). The van der Waals surface area contributed by atoms with Crippen molar-refractivity contribution < 1.29 is 5.11 Å². The zero-order valence-electron chi connectivity index (χ0n) is 8.77. The summed E-state index contributed by atoms with van der Waals surface area (Å²) in [5.74, 6) is 0. The highest BCUT2D eigenvalue weighted by atomic mass is 16.3. The van der Waals surface area contributed by atoms with Crippen LogP contribution in [0.25, 0.3) is 10.8 Å². The lowest BCUT2D eigenvalue weighted by Gasteiger charge is -2.13. The smallest absolute Gasteiger partial charge is 0.0626 e. The number of benzene rings is 2. The van der Waals surface area contributed by atoms with Gasteiger partial charge in [0.25, 0.3) is 0 Å². The lowest BCUT2D eigenvalue weighted by molar-refractivity contribution is 0.251. The molecule has 2 nitrogen and oxygen atoms in total. The van der Waals surface area contributed by atoms with Gasteiger partial charge in [-0.2, -0.15) is 0 Å². The maximum atomic E-state index is 9.19. The van der Waals surface area contributed by atoms with Crippen molar-refractivity contribution in [1.29, 1.82) is 0 Å². The summed E-state index contributed by atoms with van der Waals surface area (Å²) in [5, 5.41) is 14.7. The van der Waals surface area contributed by atoms with E-state index in [1.165, 1.54) is 10.8 Å². The van der Waals surface area contributed by atoms with E-state index in [-0.39, 0.29) is 12.6 Å². The molecule has 0 aliphatic heterocycles. The second-order valence-corrected chi connectivity index (χ2v) is 3.63. The third kappa shape index (κ3) is 2.01. The Morgan fingerprint density at radius 3 is 2.53 bits per heavy atom. The molecular weight excluding hydrogens is 186 g/mol. The molecule has 0 saturated carbocycles. The van der Waals surface area contributed by atoms with Crippen molar-refractivity contribution in [3.63, 3.8) is 0 Å². The maximum absolute atomic E-state index is 9.19. The third-order valence-electron chi connectivity index (χ3n) is 2.71. The zero-order chi connectivity index (χ0) is 10.7. The highest BCUT2D eigenvalue weighted by Gasteiger charge is 2.07. The van der Waals surface area contributed by atoms with E-state index in [4.69, 9.17) is 0 Å². The van der Waals surface area contributed by atoms with Crippen molar-refractivity contribution >= 4 is 10.8 Å². The first-order chi connectivity index (χ1) is 7.35. The van der Waals surface area contributed by atoms with Gasteiger partial charge in [0, 0.05) is 0 Å². The fourth-order valence-corrected chi connectivity index (χ4v) is 1.79. The Labute approximate surface area is 89.6 Å². The fourth-order valence-electron chi connectivity index (χ4n) is 1.79. The van der Waals surface area contributed by atoms with Crippen LogP contribution in [0.2, 0.25) is 0 Å². The van der Waals surface area contributed by atoms with Crippen molar-refractivity contribution in [2.45, 2.75) is 6.04 Å². The van der Waals surface area contributed by atoms with E-state index < -0.39 is 0 Å². The summed E-state index contributed by atoms with van der Waals surface area (Å²) < 4.78 is 0. The van der Waals surface area contributed by atoms with Crippen LogP contribution in [0.1, 0.15) is 11.6 Å². The summed E-state index contributed by atoms with van der Waals surface area (Å²) in [6, 6.07) is 14.5. The number of hydrogen-bond donors (Lipinski definition) is 2. The molecule has 0 radical (unpaired) electrons. The van der Waals surface area contributed by atoms with Crippen molar-refractivity contribution in [1.82, 2.24) is 5.32 Å². The predicted octanol–water partition coefficient (Wildman–Crippen LogP) is 2.09. The molecule has 78 valence electrons. The Morgan fingerprint density at radius 2 is 1.87 bits per heavy atom. The van der Waals surface area contributed by atoms with Gasteiger partial charge in [-0.05, 0) is 29.4 Å². The van der Waals surface area contributed by atoms with Gasteiger partial charge >= 0.3 is 0 Å². The number of aliphatic hydroxyl groups excluding tert-OH is 1. The standard InChI is InChI=1S/C13H15NO/c1-14-13(9-15)12-7-6-10-4-2-3-5-11(10)8-12/h2-8,13-15H,9H2,1H3. The van der Waals surface area contributed by atoms with E-state index in [0.717, 1.165) is 5.56 Å². The average molecular weight is 201 g/mol. The van der Waals surface area contributed by atoms with Crippen LogP contribution in [-0.2, 0) is 0 Å². The number of likely N-dealkylation sites (N-methyl/N-ethyl adjacent to an activating group) is 1. The van der Waals surface area contributed by atoms with Gasteiger partial charge in [-0.15, -0.1) is 0 Å². The topological polar surface area (TPSA) is 32.3 Å². The second kappa shape index (κ2) is 4.43. The van der Waals surface area contributed by atoms with E-state index in [0.29, 0.717) is 0 Å². The van der Waals surface area contributed by atoms with Crippen LogP contribution in [-0.4, -0.2) is 18.8 Å². The molecule has 2 heteroatoms. The minimum absolute atomic E-state index is 0.0228. The van der Waals surface area contributed by atoms with Crippen LogP contribution in [0.4, 0.5) is 0 Å². The van der Waals surface area contributed by atoms with Crippen LogP contribution in [0.15, 0.2) is 42.5 Å². The van der Waals surface area contributed by atoms with E-state index in [9.17, 15) is 5.11 Å². The van der Waals surface area contributed by atoms with Gasteiger partial charge in [0.1, 0.15) is 0 Å². The molecule has 0 fully saturated rings. The Kier molecular flexibility index (Phi) is 2.99. The quantitative estimate of drug-likeness (QED) is 0.797. The van der Waals surface area contributed by atoms with Crippen LogP contribution < -0.4 is 5.32 Å². The van der Waals surface area contributed by atoms with Crippen LogP contribution in [0, 0.1) is 0 Å². The third-order valence-corrected chi connectivity index (χ3v) is 2.71.